The van der Waals surface area contributed by atoms with Crippen LogP contribution < -0.4 is 10.1 Å². The highest BCUT2D eigenvalue weighted by Crippen LogP contribution is 2.29. The maximum absolute atomic E-state index is 10.8. The highest BCUT2D eigenvalue weighted by Gasteiger charge is 2.11. The predicted octanol–water partition coefficient (Wildman–Crippen LogP) is 4.18. The molecule has 2 rings (SSSR count). The fourth-order valence-corrected chi connectivity index (χ4v) is 2.46. The number of nitrogens with zero attached hydrogens (tertiary/aromatic N) is 1. The number of halogens is 1. The zero-order valence-corrected chi connectivity index (χ0v) is 13.3. The molecule has 2 aromatic carbocycles. The number of aryl methyl sites for hydroxylation is 1. The van der Waals surface area contributed by atoms with Crippen molar-refractivity contribution in [3.63, 3.8) is 0 Å². The lowest BCUT2D eigenvalue weighted by Crippen LogP contribution is -2.05. The zero-order valence-electron chi connectivity index (χ0n) is 11.7. The molecule has 0 saturated carbocycles. The van der Waals surface area contributed by atoms with Crippen LogP contribution in [0.2, 0.25) is 0 Å². The molecule has 6 heteroatoms. The normalized spacial score (nSPS) is 10.4. The third-order valence-corrected chi connectivity index (χ3v) is 3.73. The molecular weight excluding hydrogens is 336 g/mol. The first-order valence-electron chi connectivity index (χ1n) is 6.37. The van der Waals surface area contributed by atoms with Gasteiger partial charge in [-0.2, -0.15) is 0 Å². The fraction of sp³-hybridized carbons (Fsp3) is 0.200. The lowest BCUT2D eigenvalue weighted by atomic mass is 10.2. The molecule has 1 N–H and O–H groups in total. The molecule has 0 aliphatic carbocycles. The van der Waals surface area contributed by atoms with Gasteiger partial charge >= 0.3 is 0 Å². The van der Waals surface area contributed by atoms with E-state index in [2.05, 4.69) is 21.2 Å². The molecule has 0 atom stereocenters. The van der Waals surface area contributed by atoms with Gasteiger partial charge < -0.3 is 10.1 Å². The van der Waals surface area contributed by atoms with E-state index in [1.54, 1.807) is 19.1 Å². The van der Waals surface area contributed by atoms with Crippen LogP contribution in [-0.4, -0.2) is 12.0 Å². The minimum absolute atomic E-state index is 0.0906. The topological polar surface area (TPSA) is 64.4 Å². The Labute approximate surface area is 131 Å². The lowest BCUT2D eigenvalue weighted by molar-refractivity contribution is -0.385. The van der Waals surface area contributed by atoms with Gasteiger partial charge in [0.2, 0.25) is 0 Å². The Kier molecular flexibility index (Phi) is 4.93. The summed E-state index contributed by atoms with van der Waals surface area (Å²) in [7, 11) is 1.89. The molecule has 110 valence electrons. The molecule has 0 amide bonds. The molecule has 0 aromatic heterocycles. The number of nitro groups is 1. The molecule has 0 saturated heterocycles. The Morgan fingerprint density at radius 2 is 1.90 bits per heavy atom. The molecule has 2 aromatic rings. The highest BCUT2D eigenvalue weighted by atomic mass is 79.9. The average molecular weight is 351 g/mol. The van der Waals surface area contributed by atoms with Gasteiger partial charge in [-0.25, -0.2) is 0 Å². The van der Waals surface area contributed by atoms with Crippen molar-refractivity contribution in [3.8, 4) is 11.5 Å². The van der Waals surface area contributed by atoms with Crippen molar-refractivity contribution < 1.29 is 9.66 Å². The number of hydrogen-bond donors (Lipinski definition) is 1. The number of benzene rings is 2. The molecule has 5 nitrogen and oxygen atoms in total. The smallest absolute Gasteiger partial charge is 0.272 e. The van der Waals surface area contributed by atoms with Gasteiger partial charge in [0.15, 0.2) is 0 Å². The van der Waals surface area contributed by atoms with E-state index < -0.39 is 4.92 Å². The van der Waals surface area contributed by atoms with Crippen LogP contribution >= 0.6 is 15.9 Å². The first kappa shape index (κ1) is 15.5. The summed E-state index contributed by atoms with van der Waals surface area (Å²) in [4.78, 5) is 10.4. The number of nitrogens with one attached hydrogen (secondary N) is 1. The van der Waals surface area contributed by atoms with Crippen molar-refractivity contribution in [2.24, 2.45) is 0 Å². The molecular formula is C15H15BrN2O3. The van der Waals surface area contributed by atoms with Crippen LogP contribution in [0.5, 0.6) is 11.5 Å². The molecule has 0 unspecified atom stereocenters. The first-order chi connectivity index (χ1) is 10.0. The van der Waals surface area contributed by atoms with Gasteiger partial charge in [-0.1, -0.05) is 22.0 Å². The van der Waals surface area contributed by atoms with E-state index in [0.29, 0.717) is 17.1 Å². The molecule has 0 aliphatic heterocycles. The van der Waals surface area contributed by atoms with Gasteiger partial charge in [0.05, 0.1) is 4.92 Å². The van der Waals surface area contributed by atoms with Crippen molar-refractivity contribution in [1.29, 1.82) is 0 Å². The molecule has 0 spiro atoms. The van der Waals surface area contributed by atoms with Gasteiger partial charge in [-0.05, 0) is 43.8 Å². The van der Waals surface area contributed by atoms with Crippen LogP contribution in [0, 0.1) is 17.0 Å². The van der Waals surface area contributed by atoms with E-state index in [1.165, 1.54) is 6.07 Å². The molecule has 0 fully saturated rings. The maximum atomic E-state index is 10.8. The number of hydrogen-bond acceptors (Lipinski definition) is 4. The summed E-state index contributed by atoms with van der Waals surface area (Å²) >= 11 is 3.50. The van der Waals surface area contributed by atoms with Crippen LogP contribution in [0.1, 0.15) is 11.1 Å². The average Bonchev–Trinajstić information content (AvgIpc) is 2.41. The second-order valence-corrected chi connectivity index (χ2v) is 5.45. The van der Waals surface area contributed by atoms with Crippen molar-refractivity contribution >= 4 is 21.6 Å². The molecule has 0 heterocycles. The Morgan fingerprint density at radius 1 is 1.24 bits per heavy atom. The van der Waals surface area contributed by atoms with Crippen LogP contribution in [0.4, 0.5) is 5.69 Å². The molecule has 0 aliphatic rings. The number of nitro benzene ring substituents is 1. The van der Waals surface area contributed by atoms with E-state index in [9.17, 15) is 10.1 Å². The third-order valence-electron chi connectivity index (χ3n) is 2.99. The highest BCUT2D eigenvalue weighted by molar-refractivity contribution is 9.10. The predicted molar refractivity (Wildman–Crippen MR) is 84.8 cm³/mol. The first-order valence-corrected chi connectivity index (χ1v) is 7.16. The van der Waals surface area contributed by atoms with E-state index in [4.69, 9.17) is 4.74 Å². The zero-order chi connectivity index (χ0) is 15.4. The molecule has 0 radical (unpaired) electrons. The quantitative estimate of drug-likeness (QED) is 0.648. The van der Waals surface area contributed by atoms with E-state index in [0.717, 1.165) is 16.6 Å². The summed E-state index contributed by atoms with van der Waals surface area (Å²) in [6, 6.07) is 10.4. The van der Waals surface area contributed by atoms with Gasteiger partial charge in [0, 0.05) is 22.6 Å². The third kappa shape index (κ3) is 3.80. The van der Waals surface area contributed by atoms with E-state index in [-0.39, 0.29) is 5.69 Å². The Morgan fingerprint density at radius 3 is 2.48 bits per heavy atom. The Hall–Kier alpha value is -1.92. The van der Waals surface area contributed by atoms with Crippen molar-refractivity contribution in [2.45, 2.75) is 13.5 Å². The second kappa shape index (κ2) is 6.69. The minimum atomic E-state index is -0.401. The fourth-order valence-electron chi connectivity index (χ4n) is 1.96. The van der Waals surface area contributed by atoms with Crippen LogP contribution in [0.3, 0.4) is 0 Å². The standard InChI is InChI=1S/C15H15BrN2O3/c1-10-7-12(5-6-15(10)18(19)20)21-13-4-3-11(9-17-2)14(16)8-13/h3-8,17H,9H2,1-2H3. The van der Waals surface area contributed by atoms with Crippen molar-refractivity contribution in [1.82, 2.24) is 5.32 Å². The van der Waals surface area contributed by atoms with Crippen LogP contribution in [0.25, 0.3) is 0 Å². The van der Waals surface area contributed by atoms with Gasteiger partial charge in [0.25, 0.3) is 5.69 Å². The number of rotatable bonds is 5. The molecule has 0 bridgehead atoms. The van der Waals surface area contributed by atoms with E-state index in [1.807, 2.05) is 25.2 Å². The number of ether oxygens (including phenoxy) is 1. The Bertz CT molecular complexity index is 674. The molecule has 21 heavy (non-hydrogen) atoms. The SMILES string of the molecule is CNCc1ccc(Oc2ccc([N+](=O)[O-])c(C)c2)cc1Br. The summed E-state index contributed by atoms with van der Waals surface area (Å²) in [6.45, 7) is 2.45. The Balaban J connectivity index is 2.20. The van der Waals surface area contributed by atoms with Crippen molar-refractivity contribution in [3.05, 3.63) is 62.1 Å². The maximum Gasteiger partial charge on any atom is 0.272 e. The summed E-state index contributed by atoms with van der Waals surface area (Å²) in [6.07, 6.45) is 0. The second-order valence-electron chi connectivity index (χ2n) is 4.59. The van der Waals surface area contributed by atoms with Gasteiger partial charge in [-0.15, -0.1) is 0 Å². The lowest BCUT2D eigenvalue weighted by Gasteiger charge is -2.09. The summed E-state index contributed by atoms with van der Waals surface area (Å²) in [5, 5.41) is 13.9. The summed E-state index contributed by atoms with van der Waals surface area (Å²) in [5.41, 5.74) is 1.79. The minimum Gasteiger partial charge on any atom is -0.457 e. The van der Waals surface area contributed by atoms with Crippen molar-refractivity contribution in [2.75, 3.05) is 7.05 Å². The van der Waals surface area contributed by atoms with Gasteiger partial charge in [0.1, 0.15) is 11.5 Å². The van der Waals surface area contributed by atoms with Gasteiger partial charge in [-0.3, -0.25) is 10.1 Å². The monoisotopic (exact) mass is 350 g/mol. The largest absolute Gasteiger partial charge is 0.457 e. The van der Waals surface area contributed by atoms with Crippen LogP contribution in [-0.2, 0) is 6.54 Å². The van der Waals surface area contributed by atoms with E-state index >= 15 is 0 Å². The van der Waals surface area contributed by atoms with Crippen LogP contribution in [0.15, 0.2) is 40.9 Å². The summed E-state index contributed by atoms with van der Waals surface area (Å²) < 4.78 is 6.69. The summed E-state index contributed by atoms with van der Waals surface area (Å²) in [5.74, 6) is 1.25.